The van der Waals surface area contributed by atoms with E-state index in [0.717, 1.165) is 11.6 Å². The fourth-order valence-electron chi connectivity index (χ4n) is 6.35. The van der Waals surface area contributed by atoms with Crippen molar-refractivity contribution in [2.45, 2.75) is 62.1 Å². The summed E-state index contributed by atoms with van der Waals surface area (Å²) in [6.45, 7) is 0. The van der Waals surface area contributed by atoms with Crippen LogP contribution < -0.4 is 15.1 Å². The van der Waals surface area contributed by atoms with Gasteiger partial charge in [-0.05, 0) is 60.7 Å². The van der Waals surface area contributed by atoms with Crippen molar-refractivity contribution < 1.29 is 27.6 Å². The zero-order valence-electron chi connectivity index (χ0n) is 22.4. The van der Waals surface area contributed by atoms with Gasteiger partial charge in [0.2, 0.25) is 5.91 Å². The van der Waals surface area contributed by atoms with Crippen LogP contribution in [0.4, 0.5) is 24.7 Å². The molecule has 2 aliphatic carbocycles. The standard InChI is InChI=1S/C31H26F3N5O3/c32-21-5-3-6-23(15-21)39(28(41)25-8-9-27(40)38(25)26-14-19(18-35)11-13-36-26)31(12-10-20-4-1-2-7-24(20)31)29(42)37-22-16-30(33,34)17-22/h1-7,11,13-15,22,25H,8-10,12,16-17H2,(H,37,42)/t25-,31+/m1/s1. The van der Waals surface area contributed by atoms with Gasteiger partial charge in [-0.3, -0.25) is 24.2 Å². The summed E-state index contributed by atoms with van der Waals surface area (Å²) in [5.74, 6) is -5.11. The summed E-state index contributed by atoms with van der Waals surface area (Å²) >= 11 is 0. The number of anilines is 2. The molecule has 2 aromatic carbocycles. The third kappa shape index (κ3) is 4.57. The number of aromatic nitrogens is 1. The Balaban J connectivity index is 1.49. The van der Waals surface area contributed by atoms with E-state index < -0.39 is 59.9 Å². The van der Waals surface area contributed by atoms with Crippen LogP contribution in [0.2, 0.25) is 0 Å². The Morgan fingerprint density at radius 2 is 1.86 bits per heavy atom. The third-order valence-corrected chi connectivity index (χ3v) is 8.31. The molecule has 3 aromatic rings. The van der Waals surface area contributed by atoms with Crippen LogP contribution in [0.15, 0.2) is 66.9 Å². The van der Waals surface area contributed by atoms with Gasteiger partial charge in [-0.2, -0.15) is 5.26 Å². The first kappa shape index (κ1) is 27.4. The summed E-state index contributed by atoms with van der Waals surface area (Å²) in [6, 6.07) is 15.3. The first-order valence-electron chi connectivity index (χ1n) is 13.7. The topological polar surface area (TPSA) is 106 Å². The van der Waals surface area contributed by atoms with Crippen molar-refractivity contribution in [1.82, 2.24) is 10.3 Å². The molecule has 8 nitrogen and oxygen atoms in total. The van der Waals surface area contributed by atoms with Crippen LogP contribution in [0.3, 0.4) is 0 Å². The van der Waals surface area contributed by atoms with Gasteiger partial charge in [0, 0.05) is 37.2 Å². The Kier molecular flexibility index (Phi) is 6.72. The molecule has 1 N–H and O–H groups in total. The summed E-state index contributed by atoms with van der Waals surface area (Å²) < 4.78 is 42.1. The lowest BCUT2D eigenvalue weighted by molar-refractivity contribution is -0.137. The number of nitriles is 1. The maximum atomic E-state index is 14.7. The monoisotopic (exact) mass is 573 g/mol. The number of nitrogens with one attached hydrogen (secondary N) is 1. The molecular weight excluding hydrogens is 547 g/mol. The van der Waals surface area contributed by atoms with Crippen molar-refractivity contribution in [3.63, 3.8) is 0 Å². The predicted molar refractivity (Wildman–Crippen MR) is 146 cm³/mol. The van der Waals surface area contributed by atoms with Crippen LogP contribution in [-0.4, -0.2) is 40.7 Å². The molecule has 3 amide bonds. The normalized spacial score (nSPS) is 22.7. The molecule has 11 heteroatoms. The maximum absolute atomic E-state index is 14.7. The minimum atomic E-state index is -2.88. The van der Waals surface area contributed by atoms with Crippen LogP contribution >= 0.6 is 0 Å². The third-order valence-electron chi connectivity index (χ3n) is 8.31. The van der Waals surface area contributed by atoms with Crippen LogP contribution in [0.1, 0.15) is 48.8 Å². The van der Waals surface area contributed by atoms with Gasteiger partial charge in [0.1, 0.15) is 17.7 Å². The number of nitrogens with zero attached hydrogens (tertiary/aromatic N) is 4. The van der Waals surface area contributed by atoms with E-state index in [-0.39, 0.29) is 36.3 Å². The van der Waals surface area contributed by atoms with E-state index in [2.05, 4.69) is 10.3 Å². The van der Waals surface area contributed by atoms with Crippen molar-refractivity contribution in [3.8, 4) is 6.07 Å². The summed E-state index contributed by atoms with van der Waals surface area (Å²) in [4.78, 5) is 48.8. The van der Waals surface area contributed by atoms with Gasteiger partial charge in [-0.15, -0.1) is 0 Å². The zero-order valence-corrected chi connectivity index (χ0v) is 22.4. The molecule has 1 aromatic heterocycles. The van der Waals surface area contributed by atoms with Crippen molar-refractivity contribution in [3.05, 3.63) is 89.4 Å². The summed E-state index contributed by atoms with van der Waals surface area (Å²) in [7, 11) is 0. The van der Waals surface area contributed by atoms with Gasteiger partial charge < -0.3 is 5.32 Å². The maximum Gasteiger partial charge on any atom is 0.252 e. The molecule has 1 saturated carbocycles. The molecule has 0 radical (unpaired) electrons. The molecule has 0 bridgehead atoms. The predicted octanol–water partition coefficient (Wildman–Crippen LogP) is 4.38. The van der Waals surface area contributed by atoms with Gasteiger partial charge in [0.15, 0.2) is 5.54 Å². The van der Waals surface area contributed by atoms with Crippen molar-refractivity contribution in [2.75, 3.05) is 9.80 Å². The van der Waals surface area contributed by atoms with Crippen LogP contribution in [0.5, 0.6) is 0 Å². The van der Waals surface area contributed by atoms with Gasteiger partial charge >= 0.3 is 0 Å². The Bertz CT molecular complexity index is 1630. The number of hydrogen-bond acceptors (Lipinski definition) is 5. The minimum absolute atomic E-state index is 0.0127. The highest BCUT2D eigenvalue weighted by molar-refractivity contribution is 6.12. The Labute approximate surface area is 239 Å². The molecule has 6 rings (SSSR count). The van der Waals surface area contributed by atoms with E-state index in [0.29, 0.717) is 12.0 Å². The highest BCUT2D eigenvalue weighted by atomic mass is 19.3. The smallest absolute Gasteiger partial charge is 0.252 e. The molecule has 0 spiro atoms. The fourth-order valence-corrected chi connectivity index (χ4v) is 6.35. The molecule has 0 unspecified atom stereocenters. The summed E-state index contributed by atoms with van der Waals surface area (Å²) in [5, 5.41) is 12.1. The second kappa shape index (κ2) is 10.3. The Morgan fingerprint density at radius 1 is 1.07 bits per heavy atom. The summed E-state index contributed by atoms with van der Waals surface area (Å²) in [6.07, 6.45) is 0.957. The Morgan fingerprint density at radius 3 is 2.60 bits per heavy atom. The van der Waals surface area contributed by atoms with E-state index in [4.69, 9.17) is 0 Å². The highest BCUT2D eigenvalue weighted by Gasteiger charge is 2.57. The summed E-state index contributed by atoms with van der Waals surface area (Å²) in [5.41, 5.74) is -0.0734. The fraction of sp³-hybridized carbons (Fsp3) is 0.323. The molecule has 1 saturated heterocycles. The number of alkyl halides is 2. The van der Waals surface area contributed by atoms with Crippen molar-refractivity contribution >= 4 is 29.2 Å². The number of carbonyl (C=O) groups is 3. The number of hydrogen-bond donors (Lipinski definition) is 1. The minimum Gasteiger partial charge on any atom is -0.351 e. The largest absolute Gasteiger partial charge is 0.351 e. The molecule has 1 aliphatic heterocycles. The highest BCUT2D eigenvalue weighted by Crippen LogP contribution is 2.47. The second-order valence-electron chi connectivity index (χ2n) is 10.9. The molecule has 214 valence electrons. The van der Waals surface area contributed by atoms with Gasteiger partial charge in [-0.25, -0.2) is 18.2 Å². The number of pyridine rings is 1. The quantitative estimate of drug-likeness (QED) is 0.471. The van der Waals surface area contributed by atoms with Crippen molar-refractivity contribution in [1.29, 1.82) is 5.26 Å². The van der Waals surface area contributed by atoms with Gasteiger partial charge in [-0.1, -0.05) is 30.3 Å². The number of benzene rings is 2. The SMILES string of the molecule is N#Cc1ccnc(N2C(=O)CC[C@@H]2C(=O)N(c2cccc(F)c2)[C@@]2(C(=O)NC3CC(F)(F)C3)CCc3ccccc32)c1. The Hall–Kier alpha value is -4.72. The first-order valence-corrected chi connectivity index (χ1v) is 13.7. The average molecular weight is 574 g/mol. The van der Waals surface area contributed by atoms with Crippen LogP contribution in [0.25, 0.3) is 0 Å². The van der Waals surface area contributed by atoms with Crippen LogP contribution in [-0.2, 0) is 26.3 Å². The molecule has 42 heavy (non-hydrogen) atoms. The number of amides is 3. The molecule has 3 aliphatic rings. The number of fused-ring (bicyclic) bond motifs is 1. The molecule has 2 fully saturated rings. The van der Waals surface area contributed by atoms with E-state index in [1.54, 1.807) is 18.2 Å². The van der Waals surface area contributed by atoms with E-state index >= 15 is 0 Å². The lowest BCUT2D eigenvalue weighted by atomic mass is 9.83. The van der Waals surface area contributed by atoms with E-state index in [9.17, 15) is 32.8 Å². The van der Waals surface area contributed by atoms with Crippen LogP contribution in [0, 0.1) is 17.1 Å². The van der Waals surface area contributed by atoms with Gasteiger partial charge in [0.05, 0.1) is 11.6 Å². The average Bonchev–Trinajstić information content (AvgIpc) is 3.54. The first-order chi connectivity index (χ1) is 20.1. The van der Waals surface area contributed by atoms with Crippen molar-refractivity contribution in [2.24, 2.45) is 0 Å². The number of halogens is 3. The lowest BCUT2D eigenvalue weighted by Gasteiger charge is -2.45. The second-order valence-corrected chi connectivity index (χ2v) is 10.9. The lowest BCUT2D eigenvalue weighted by Crippen LogP contribution is -2.64. The number of aryl methyl sites for hydroxylation is 1. The molecule has 2 atom stereocenters. The van der Waals surface area contributed by atoms with E-state index in [1.807, 2.05) is 12.1 Å². The zero-order chi connectivity index (χ0) is 29.6. The molecule has 2 heterocycles. The number of carbonyl (C=O) groups excluding carboxylic acids is 3. The molecular formula is C31H26F3N5O3. The number of rotatable bonds is 6. The van der Waals surface area contributed by atoms with E-state index in [1.165, 1.54) is 46.3 Å². The van der Waals surface area contributed by atoms with Gasteiger partial charge in [0.25, 0.3) is 17.7 Å².